The lowest BCUT2D eigenvalue weighted by Gasteiger charge is -2.40. The lowest BCUT2D eigenvalue weighted by atomic mass is 10.0. The zero-order valence-corrected chi connectivity index (χ0v) is 15.5. The number of aromatic nitrogens is 3. The maximum atomic E-state index is 10.7. The molecule has 1 N–H and O–H groups in total. The largest absolute Gasteiger partial charge is 0.492 e. The molecule has 6 nitrogen and oxygen atoms in total. The summed E-state index contributed by atoms with van der Waals surface area (Å²) in [4.78, 5) is 8.07. The molecule has 1 aliphatic heterocycles. The molecule has 1 aromatic carbocycles. The van der Waals surface area contributed by atoms with Gasteiger partial charge in [-0.05, 0) is 31.5 Å². The van der Waals surface area contributed by atoms with Crippen molar-refractivity contribution in [1.29, 1.82) is 0 Å². The highest BCUT2D eigenvalue weighted by Gasteiger charge is 2.33. The third-order valence-electron chi connectivity index (χ3n) is 4.39. The zero-order chi connectivity index (χ0) is 17.6. The Balaban J connectivity index is 1.81. The van der Waals surface area contributed by atoms with E-state index < -0.39 is 0 Å². The van der Waals surface area contributed by atoms with Gasteiger partial charge in [0.15, 0.2) is 0 Å². The normalized spacial score (nSPS) is 23.2. The zero-order valence-electron chi connectivity index (χ0n) is 14.0. The molecule has 3 atom stereocenters. The summed E-state index contributed by atoms with van der Waals surface area (Å²) in [6.45, 7) is 5.71. The van der Waals surface area contributed by atoms with Crippen molar-refractivity contribution >= 4 is 27.9 Å². The minimum Gasteiger partial charge on any atom is -0.492 e. The molecule has 0 aliphatic carbocycles. The molecule has 3 unspecified atom stereocenters. The van der Waals surface area contributed by atoms with Crippen molar-refractivity contribution in [1.82, 2.24) is 19.5 Å². The molecular weight excluding hydrogens is 360 g/mol. The second kappa shape index (κ2) is 6.57. The molecule has 25 heavy (non-hydrogen) atoms. The third kappa shape index (κ3) is 3.13. The molecule has 132 valence electrons. The Hall–Kier alpha value is -1.67. The van der Waals surface area contributed by atoms with E-state index >= 15 is 0 Å². The number of halogens is 1. The van der Waals surface area contributed by atoms with Crippen LogP contribution in [0.4, 0.5) is 0 Å². The van der Waals surface area contributed by atoms with Crippen LogP contribution >= 0.6 is 22.9 Å². The Bertz CT molecular complexity index is 869. The SMILES string of the molecule is CC1CN(C(c2ccc(Cl)cc2)c2sc3ncnn3c2O)CC(C)O1. The summed E-state index contributed by atoms with van der Waals surface area (Å²) in [6, 6.07) is 7.68. The van der Waals surface area contributed by atoms with E-state index in [2.05, 4.69) is 28.8 Å². The number of thiazole rings is 1. The van der Waals surface area contributed by atoms with E-state index in [1.165, 1.54) is 22.2 Å². The predicted molar refractivity (Wildman–Crippen MR) is 97.4 cm³/mol. The highest BCUT2D eigenvalue weighted by molar-refractivity contribution is 7.17. The number of rotatable bonds is 3. The van der Waals surface area contributed by atoms with Crippen LogP contribution in [-0.2, 0) is 4.74 Å². The first-order valence-electron chi connectivity index (χ1n) is 8.19. The highest BCUT2D eigenvalue weighted by atomic mass is 35.5. The lowest BCUT2D eigenvalue weighted by Crippen LogP contribution is -2.47. The van der Waals surface area contributed by atoms with Crippen LogP contribution in [0, 0.1) is 0 Å². The van der Waals surface area contributed by atoms with Crippen LogP contribution in [0.2, 0.25) is 5.02 Å². The fraction of sp³-hybridized carbons (Fsp3) is 0.412. The predicted octanol–water partition coefficient (Wildman–Crippen LogP) is 3.35. The minimum atomic E-state index is -0.0976. The fourth-order valence-corrected chi connectivity index (χ4v) is 4.69. The summed E-state index contributed by atoms with van der Waals surface area (Å²) in [5, 5.41) is 15.5. The van der Waals surface area contributed by atoms with Gasteiger partial charge in [-0.15, -0.1) is 0 Å². The molecule has 0 spiro atoms. The Morgan fingerprint density at radius 1 is 1.24 bits per heavy atom. The standard InChI is InChI=1S/C17H19ClN4O2S/c1-10-7-21(8-11(2)24-10)14(12-3-5-13(18)6-4-12)15-16(23)22-17(25-15)19-9-20-22/h3-6,9-11,14,23H,7-8H2,1-2H3. The molecule has 3 aromatic rings. The second-order valence-corrected chi connectivity index (χ2v) is 7.86. The molecule has 3 heterocycles. The average molecular weight is 379 g/mol. The van der Waals surface area contributed by atoms with Gasteiger partial charge in [-0.2, -0.15) is 9.61 Å². The number of hydrogen-bond acceptors (Lipinski definition) is 6. The van der Waals surface area contributed by atoms with E-state index in [1.807, 2.05) is 24.3 Å². The first-order valence-corrected chi connectivity index (χ1v) is 9.38. The van der Waals surface area contributed by atoms with Gasteiger partial charge in [0, 0.05) is 18.1 Å². The summed E-state index contributed by atoms with van der Waals surface area (Å²) in [5.74, 6) is 0.143. The maximum Gasteiger partial charge on any atom is 0.230 e. The maximum absolute atomic E-state index is 10.7. The van der Waals surface area contributed by atoms with E-state index in [1.54, 1.807) is 0 Å². The van der Waals surface area contributed by atoms with E-state index in [0.717, 1.165) is 23.5 Å². The number of fused-ring (bicyclic) bond motifs is 1. The average Bonchev–Trinajstić information content (AvgIpc) is 3.13. The van der Waals surface area contributed by atoms with Gasteiger partial charge in [-0.25, -0.2) is 4.98 Å². The van der Waals surface area contributed by atoms with E-state index in [4.69, 9.17) is 16.3 Å². The molecule has 1 saturated heterocycles. The number of nitrogens with zero attached hydrogens (tertiary/aromatic N) is 4. The van der Waals surface area contributed by atoms with Crippen molar-refractivity contribution in [3.8, 4) is 5.88 Å². The second-order valence-electron chi connectivity index (χ2n) is 6.41. The van der Waals surface area contributed by atoms with E-state index in [0.29, 0.717) is 9.98 Å². The van der Waals surface area contributed by atoms with Crippen molar-refractivity contribution in [2.24, 2.45) is 0 Å². The van der Waals surface area contributed by atoms with Crippen LogP contribution < -0.4 is 0 Å². The number of benzene rings is 1. The van der Waals surface area contributed by atoms with Gasteiger partial charge in [0.2, 0.25) is 10.8 Å². The van der Waals surface area contributed by atoms with Crippen LogP contribution in [0.15, 0.2) is 30.6 Å². The Morgan fingerprint density at radius 2 is 1.92 bits per heavy atom. The van der Waals surface area contributed by atoms with Crippen LogP contribution in [0.5, 0.6) is 5.88 Å². The van der Waals surface area contributed by atoms with Crippen molar-refractivity contribution in [3.05, 3.63) is 46.1 Å². The van der Waals surface area contributed by atoms with Crippen molar-refractivity contribution in [2.45, 2.75) is 32.1 Å². The summed E-state index contributed by atoms with van der Waals surface area (Å²) in [5.41, 5.74) is 1.07. The quantitative estimate of drug-likeness (QED) is 0.757. The monoisotopic (exact) mass is 378 g/mol. The Morgan fingerprint density at radius 3 is 2.56 bits per heavy atom. The van der Waals surface area contributed by atoms with Crippen molar-refractivity contribution < 1.29 is 9.84 Å². The third-order valence-corrected chi connectivity index (χ3v) is 5.72. The molecule has 2 aromatic heterocycles. The molecule has 0 radical (unpaired) electrons. The molecule has 1 aliphatic rings. The number of hydrogen-bond donors (Lipinski definition) is 1. The van der Waals surface area contributed by atoms with Crippen LogP contribution in [0.3, 0.4) is 0 Å². The molecule has 1 fully saturated rings. The summed E-state index contributed by atoms with van der Waals surface area (Å²) in [7, 11) is 0. The Kier molecular flexibility index (Phi) is 4.41. The van der Waals surface area contributed by atoms with Gasteiger partial charge in [-0.1, -0.05) is 35.1 Å². The van der Waals surface area contributed by atoms with Gasteiger partial charge in [0.25, 0.3) is 0 Å². The molecule has 0 saturated carbocycles. The number of aromatic hydroxyl groups is 1. The summed E-state index contributed by atoms with van der Waals surface area (Å²) >= 11 is 7.53. The molecule has 8 heteroatoms. The fourth-order valence-electron chi connectivity index (χ4n) is 3.47. The topological polar surface area (TPSA) is 62.9 Å². The van der Waals surface area contributed by atoms with Gasteiger partial charge >= 0.3 is 0 Å². The smallest absolute Gasteiger partial charge is 0.230 e. The highest BCUT2D eigenvalue weighted by Crippen LogP contribution is 2.40. The van der Waals surface area contributed by atoms with Crippen LogP contribution in [-0.4, -0.2) is 49.9 Å². The lowest BCUT2D eigenvalue weighted by molar-refractivity contribution is -0.0764. The molecular formula is C17H19ClN4O2S. The van der Waals surface area contributed by atoms with Gasteiger partial charge in [-0.3, -0.25) is 4.90 Å². The van der Waals surface area contributed by atoms with Crippen molar-refractivity contribution in [3.63, 3.8) is 0 Å². The van der Waals surface area contributed by atoms with E-state index in [9.17, 15) is 5.11 Å². The van der Waals surface area contributed by atoms with Gasteiger partial charge < -0.3 is 9.84 Å². The van der Waals surface area contributed by atoms with Crippen LogP contribution in [0.1, 0.15) is 30.3 Å². The number of morpholine rings is 1. The molecule has 0 bridgehead atoms. The molecule has 4 rings (SSSR count). The van der Waals surface area contributed by atoms with E-state index in [-0.39, 0.29) is 24.1 Å². The minimum absolute atomic E-state index is 0.0976. The van der Waals surface area contributed by atoms with Crippen molar-refractivity contribution in [2.75, 3.05) is 13.1 Å². The van der Waals surface area contributed by atoms with Gasteiger partial charge in [0.05, 0.1) is 23.1 Å². The summed E-state index contributed by atoms with van der Waals surface area (Å²) < 4.78 is 7.36. The first kappa shape index (κ1) is 16.8. The Labute approximate surface area is 154 Å². The molecule has 0 amide bonds. The first-order chi connectivity index (χ1) is 12.0. The number of ether oxygens (including phenoxy) is 1. The van der Waals surface area contributed by atoms with Gasteiger partial charge in [0.1, 0.15) is 6.33 Å². The summed E-state index contributed by atoms with van der Waals surface area (Å²) in [6.07, 6.45) is 1.71. The van der Waals surface area contributed by atoms with Crippen LogP contribution in [0.25, 0.3) is 4.96 Å².